The van der Waals surface area contributed by atoms with Gasteiger partial charge in [-0.1, -0.05) is 39.1 Å². The van der Waals surface area contributed by atoms with Crippen LogP contribution >= 0.6 is 55.1 Å². The maximum atomic E-state index is 13.9. The quantitative estimate of drug-likeness (QED) is 0.471. The number of fused-ring (bicyclic) bond motifs is 7. The molecule has 1 N–H and O–H groups in total. The molecule has 164 valence electrons. The minimum atomic E-state index is -1.24. The normalized spacial score (nSPS) is 30.8. The number of hydrogen-bond donors (Lipinski definition) is 1. The molecule has 4 unspecified atom stereocenters. The van der Waals surface area contributed by atoms with E-state index in [0.717, 1.165) is 27.4 Å². The second kappa shape index (κ2) is 7.03. The van der Waals surface area contributed by atoms with Gasteiger partial charge in [0.25, 0.3) is 5.91 Å². The van der Waals surface area contributed by atoms with E-state index in [0.29, 0.717) is 28.0 Å². The lowest BCUT2D eigenvalue weighted by atomic mass is 9.75. The summed E-state index contributed by atoms with van der Waals surface area (Å²) in [5, 5.41) is 3.65. The Balaban J connectivity index is 1.58. The molecule has 10 heteroatoms. The van der Waals surface area contributed by atoms with Crippen molar-refractivity contribution in [3.63, 3.8) is 0 Å². The van der Waals surface area contributed by atoms with Gasteiger partial charge in [0.05, 0.1) is 23.2 Å². The average Bonchev–Trinajstić information content (AvgIpc) is 3.40. The van der Waals surface area contributed by atoms with E-state index >= 15 is 0 Å². The van der Waals surface area contributed by atoms with Crippen molar-refractivity contribution < 1.29 is 14.4 Å². The van der Waals surface area contributed by atoms with Crippen LogP contribution in [0.2, 0.25) is 10.0 Å². The molecule has 4 aliphatic heterocycles. The van der Waals surface area contributed by atoms with Crippen LogP contribution < -0.4 is 10.2 Å². The molecule has 3 amide bonds. The summed E-state index contributed by atoms with van der Waals surface area (Å²) in [5.41, 5.74) is 0.460. The molecule has 0 radical (unpaired) electrons. The Bertz CT molecular complexity index is 1230. The van der Waals surface area contributed by atoms with Crippen molar-refractivity contribution in [3.05, 3.63) is 54.9 Å². The number of anilines is 2. The van der Waals surface area contributed by atoms with E-state index in [-0.39, 0.29) is 17.9 Å². The summed E-state index contributed by atoms with van der Waals surface area (Å²) < 4.78 is 1.51. The molecule has 4 heterocycles. The van der Waals surface area contributed by atoms with Crippen LogP contribution in [0, 0.1) is 11.8 Å². The Morgan fingerprint density at radius 3 is 2.44 bits per heavy atom. The first kappa shape index (κ1) is 21.1. The summed E-state index contributed by atoms with van der Waals surface area (Å²) in [6.07, 6.45) is 1.61. The lowest BCUT2D eigenvalue weighted by Crippen LogP contribution is -2.54. The standard InChI is InChI=1S/C22H15Br2Cl2N3O3/c23-9-4-13-18(14(24)5-9)27-21(32)22(13)17-16(15-2-1-3-28(15)22)19(30)29(20(17)31)12-7-10(25)6-11(26)8-12/h4-8,15-17H,1-3H2,(H,27,32). The van der Waals surface area contributed by atoms with E-state index in [9.17, 15) is 14.4 Å². The smallest absolute Gasteiger partial charge is 0.250 e. The Morgan fingerprint density at radius 1 is 1.00 bits per heavy atom. The SMILES string of the molecule is O=C1C2C3CCCN3C3(C(=O)Nc4c(Br)cc(Br)cc43)C2C(=O)N1c1cc(Cl)cc(Cl)c1. The lowest BCUT2D eigenvalue weighted by Gasteiger charge is -2.36. The molecule has 2 aromatic rings. The van der Waals surface area contributed by atoms with Gasteiger partial charge < -0.3 is 5.32 Å². The van der Waals surface area contributed by atoms with Gasteiger partial charge in [-0.3, -0.25) is 19.3 Å². The summed E-state index contributed by atoms with van der Waals surface area (Å²) in [6.45, 7) is 0.651. The summed E-state index contributed by atoms with van der Waals surface area (Å²) in [6, 6.07) is 8.21. The van der Waals surface area contributed by atoms with Gasteiger partial charge in [-0.05, 0) is 65.6 Å². The first-order valence-corrected chi connectivity index (χ1v) is 12.5. The zero-order valence-electron chi connectivity index (χ0n) is 16.4. The van der Waals surface area contributed by atoms with E-state index in [4.69, 9.17) is 23.2 Å². The van der Waals surface area contributed by atoms with Crippen LogP contribution in [0.3, 0.4) is 0 Å². The van der Waals surface area contributed by atoms with Crippen LogP contribution in [0.5, 0.6) is 0 Å². The van der Waals surface area contributed by atoms with Crippen LogP contribution in [-0.4, -0.2) is 35.2 Å². The van der Waals surface area contributed by atoms with Crippen molar-refractivity contribution in [2.24, 2.45) is 11.8 Å². The van der Waals surface area contributed by atoms with Crippen LogP contribution in [0.4, 0.5) is 11.4 Å². The molecule has 1 spiro atoms. The van der Waals surface area contributed by atoms with E-state index in [1.54, 1.807) is 18.2 Å². The molecule has 0 bridgehead atoms. The molecular weight excluding hydrogens is 585 g/mol. The minimum Gasteiger partial charge on any atom is -0.323 e. The van der Waals surface area contributed by atoms with E-state index in [2.05, 4.69) is 42.1 Å². The predicted molar refractivity (Wildman–Crippen MR) is 128 cm³/mol. The van der Waals surface area contributed by atoms with E-state index < -0.39 is 23.3 Å². The number of amides is 3. The molecular formula is C22H15Br2Cl2N3O3. The summed E-state index contributed by atoms with van der Waals surface area (Å²) in [5.74, 6) is -2.41. The fraction of sp³-hybridized carbons (Fsp3) is 0.318. The van der Waals surface area contributed by atoms with E-state index in [1.165, 1.54) is 4.90 Å². The summed E-state index contributed by atoms with van der Waals surface area (Å²) >= 11 is 19.4. The molecule has 3 saturated heterocycles. The molecule has 6 nitrogen and oxygen atoms in total. The molecule has 32 heavy (non-hydrogen) atoms. The number of rotatable bonds is 1. The number of hydrogen-bond acceptors (Lipinski definition) is 4. The number of nitrogens with zero attached hydrogens (tertiary/aromatic N) is 2. The second-order valence-electron chi connectivity index (χ2n) is 8.58. The van der Waals surface area contributed by atoms with Crippen LogP contribution in [0.1, 0.15) is 18.4 Å². The maximum Gasteiger partial charge on any atom is 0.250 e. The van der Waals surface area contributed by atoms with Crippen molar-refractivity contribution in [2.45, 2.75) is 24.4 Å². The van der Waals surface area contributed by atoms with Gasteiger partial charge >= 0.3 is 0 Å². The monoisotopic (exact) mass is 597 g/mol. The Morgan fingerprint density at radius 2 is 1.72 bits per heavy atom. The highest BCUT2D eigenvalue weighted by molar-refractivity contribution is 9.11. The number of carbonyl (C=O) groups excluding carboxylic acids is 3. The largest absolute Gasteiger partial charge is 0.323 e. The maximum absolute atomic E-state index is 13.9. The van der Waals surface area contributed by atoms with Crippen molar-refractivity contribution in [2.75, 3.05) is 16.8 Å². The van der Waals surface area contributed by atoms with Gasteiger partial charge in [-0.15, -0.1) is 0 Å². The third kappa shape index (κ3) is 2.53. The second-order valence-corrected chi connectivity index (χ2v) is 11.2. The number of imide groups is 1. The van der Waals surface area contributed by atoms with Gasteiger partial charge in [0.1, 0.15) is 5.54 Å². The fourth-order valence-corrected chi connectivity index (χ4v) is 7.99. The first-order valence-electron chi connectivity index (χ1n) is 10.2. The number of halogens is 4. The molecule has 4 aliphatic rings. The first-order chi connectivity index (χ1) is 15.2. The van der Waals surface area contributed by atoms with Crippen LogP contribution in [0.25, 0.3) is 0 Å². The lowest BCUT2D eigenvalue weighted by molar-refractivity contribution is -0.135. The van der Waals surface area contributed by atoms with Crippen molar-refractivity contribution in [1.29, 1.82) is 0 Å². The summed E-state index contributed by atoms with van der Waals surface area (Å²) in [7, 11) is 0. The Labute approximate surface area is 210 Å². The summed E-state index contributed by atoms with van der Waals surface area (Å²) in [4.78, 5) is 44.6. The van der Waals surface area contributed by atoms with Gasteiger partial charge in [0, 0.05) is 30.6 Å². The molecule has 3 fully saturated rings. The van der Waals surface area contributed by atoms with Gasteiger partial charge in [-0.2, -0.15) is 0 Å². The molecule has 4 atom stereocenters. The van der Waals surface area contributed by atoms with Gasteiger partial charge in [0.15, 0.2) is 0 Å². The predicted octanol–water partition coefficient (Wildman–Crippen LogP) is 4.95. The fourth-order valence-electron chi connectivity index (χ4n) is 6.15. The third-order valence-electron chi connectivity index (χ3n) is 7.12. The van der Waals surface area contributed by atoms with Gasteiger partial charge in [-0.25, -0.2) is 4.90 Å². The number of carbonyl (C=O) groups is 3. The molecule has 0 aromatic heterocycles. The zero-order valence-corrected chi connectivity index (χ0v) is 21.1. The van der Waals surface area contributed by atoms with Crippen molar-refractivity contribution in [3.8, 4) is 0 Å². The van der Waals surface area contributed by atoms with Crippen molar-refractivity contribution >= 4 is 84.2 Å². The highest BCUT2D eigenvalue weighted by Crippen LogP contribution is 2.61. The number of nitrogens with one attached hydrogen (secondary N) is 1. The molecule has 0 aliphatic carbocycles. The Hall–Kier alpha value is -1.45. The van der Waals surface area contributed by atoms with Crippen LogP contribution in [0.15, 0.2) is 39.3 Å². The highest BCUT2D eigenvalue weighted by atomic mass is 79.9. The van der Waals surface area contributed by atoms with Crippen LogP contribution in [-0.2, 0) is 19.9 Å². The molecule has 6 rings (SSSR count). The third-order valence-corrected chi connectivity index (χ3v) is 8.64. The molecule has 2 aromatic carbocycles. The average molecular weight is 600 g/mol. The highest BCUT2D eigenvalue weighted by Gasteiger charge is 2.74. The van der Waals surface area contributed by atoms with Crippen molar-refractivity contribution in [1.82, 2.24) is 4.90 Å². The topological polar surface area (TPSA) is 69.7 Å². The van der Waals surface area contributed by atoms with Gasteiger partial charge in [0.2, 0.25) is 11.8 Å². The minimum absolute atomic E-state index is 0.189. The Kier molecular flexibility index (Phi) is 4.63. The number of benzene rings is 2. The van der Waals surface area contributed by atoms with E-state index in [1.807, 2.05) is 12.1 Å². The molecule has 0 saturated carbocycles. The zero-order chi connectivity index (χ0) is 22.5.